The van der Waals surface area contributed by atoms with Crippen LogP contribution < -0.4 is 17.7 Å². The number of nitrogens with one attached hydrogen (secondary N) is 1. The molecule has 2 nitrogen and oxygen atoms in total. The molecule has 1 aliphatic rings. The van der Waals surface area contributed by atoms with Gasteiger partial charge in [0.15, 0.2) is 0 Å². The number of quaternary nitrogens is 1. The Balaban J connectivity index is 0.00000225. The molecule has 1 rings (SSSR count). The zero-order valence-corrected chi connectivity index (χ0v) is 10.8. The lowest BCUT2D eigenvalue weighted by Gasteiger charge is -2.43. The Morgan fingerprint density at radius 2 is 1.75 bits per heavy atom. The summed E-state index contributed by atoms with van der Waals surface area (Å²) in [6, 6.07) is 0.566. The molecule has 0 aromatic heterocycles. The third-order valence-corrected chi connectivity index (χ3v) is 3.11. The van der Waals surface area contributed by atoms with E-state index in [9.17, 15) is 0 Å². The Morgan fingerprint density at radius 1 is 1.12 bits per heavy atom. The monoisotopic (exact) mass is 242 g/mol. The molecule has 0 aromatic carbocycles. The van der Waals surface area contributed by atoms with Crippen LogP contribution in [-0.4, -0.2) is 43.2 Å². The van der Waals surface area contributed by atoms with Crippen molar-refractivity contribution in [3.8, 4) is 0 Å². The van der Waals surface area contributed by atoms with E-state index < -0.39 is 0 Å². The maximum Gasteiger partial charge on any atom is 0.0974 e. The molecule has 0 bridgehead atoms. The van der Waals surface area contributed by atoms with Gasteiger partial charge in [0.1, 0.15) is 0 Å². The lowest BCUT2D eigenvalue weighted by atomic mass is 10.1. The second-order valence-corrected chi connectivity index (χ2v) is 4.37. The van der Waals surface area contributed by atoms with E-state index in [1.165, 1.54) is 6.54 Å². The average Bonchev–Trinajstić information content (AvgIpc) is 2.19. The van der Waals surface area contributed by atoms with Crippen LogP contribution >= 0.6 is 0 Å². The molecular weight excluding hydrogens is 220 g/mol. The fourth-order valence-corrected chi connectivity index (χ4v) is 2.44. The Morgan fingerprint density at radius 3 is 2.25 bits per heavy atom. The first-order chi connectivity index (χ1) is 7.26. The molecule has 1 heterocycles. The molecule has 1 fully saturated rings. The largest absolute Gasteiger partial charge is 1.00 e. The van der Waals surface area contributed by atoms with Crippen molar-refractivity contribution in [3.05, 3.63) is 38.0 Å². The van der Waals surface area contributed by atoms with Crippen molar-refractivity contribution in [1.29, 1.82) is 0 Å². The summed E-state index contributed by atoms with van der Waals surface area (Å²) in [6.45, 7) is 17.0. The number of rotatable bonds is 6. The minimum absolute atomic E-state index is 0. The molecule has 0 aliphatic carbocycles. The van der Waals surface area contributed by atoms with Gasteiger partial charge in [-0.25, -0.2) is 0 Å². The van der Waals surface area contributed by atoms with E-state index in [1.54, 1.807) is 0 Å². The average molecular weight is 243 g/mol. The van der Waals surface area contributed by atoms with Crippen LogP contribution in [0.3, 0.4) is 0 Å². The van der Waals surface area contributed by atoms with E-state index >= 15 is 0 Å². The molecule has 3 heteroatoms. The van der Waals surface area contributed by atoms with Crippen LogP contribution in [0.2, 0.25) is 0 Å². The van der Waals surface area contributed by atoms with Crippen LogP contribution in [-0.2, 0) is 0 Å². The SMILES string of the molecule is C=CCC1C[N+](CC=C)(CC=C)CCN1.[Cl-]. The van der Waals surface area contributed by atoms with Crippen LogP contribution in [0, 0.1) is 0 Å². The van der Waals surface area contributed by atoms with E-state index in [4.69, 9.17) is 0 Å². The minimum atomic E-state index is 0. The summed E-state index contributed by atoms with van der Waals surface area (Å²) in [4.78, 5) is 0. The summed E-state index contributed by atoms with van der Waals surface area (Å²) in [7, 11) is 0. The normalized spacial score (nSPS) is 22.9. The Labute approximate surface area is 106 Å². The van der Waals surface area contributed by atoms with Gasteiger partial charge >= 0.3 is 0 Å². The Bertz CT molecular complexity index is 228. The van der Waals surface area contributed by atoms with Crippen molar-refractivity contribution in [2.45, 2.75) is 12.5 Å². The van der Waals surface area contributed by atoms with E-state index in [1.807, 2.05) is 18.2 Å². The quantitative estimate of drug-likeness (QED) is 0.453. The highest BCUT2D eigenvalue weighted by atomic mass is 35.5. The van der Waals surface area contributed by atoms with Crippen LogP contribution in [0.4, 0.5) is 0 Å². The summed E-state index contributed by atoms with van der Waals surface area (Å²) in [5.74, 6) is 0. The minimum Gasteiger partial charge on any atom is -1.00 e. The third kappa shape index (κ3) is 4.12. The second-order valence-electron chi connectivity index (χ2n) is 4.37. The van der Waals surface area contributed by atoms with Gasteiger partial charge < -0.3 is 22.2 Å². The summed E-state index contributed by atoms with van der Waals surface area (Å²) in [5.41, 5.74) is 0. The van der Waals surface area contributed by atoms with Crippen molar-refractivity contribution in [1.82, 2.24) is 5.32 Å². The number of halogens is 1. The van der Waals surface area contributed by atoms with Crippen molar-refractivity contribution in [2.24, 2.45) is 0 Å². The van der Waals surface area contributed by atoms with Gasteiger partial charge in [0, 0.05) is 6.54 Å². The molecule has 0 radical (unpaired) electrons. The smallest absolute Gasteiger partial charge is 0.0974 e. The van der Waals surface area contributed by atoms with Gasteiger partial charge in [-0.1, -0.05) is 19.2 Å². The Kier molecular flexibility index (Phi) is 7.39. The molecule has 16 heavy (non-hydrogen) atoms. The van der Waals surface area contributed by atoms with Gasteiger partial charge in [-0.05, 0) is 18.6 Å². The standard InChI is InChI=1S/C13H23N2.ClH/c1-4-7-13-12-15(9-5-2,10-6-3)11-8-14-13;/h4-6,13-14H,1-3,7-12H2;1H/q+1;/p-1. The van der Waals surface area contributed by atoms with Gasteiger partial charge in [-0.15, -0.1) is 6.58 Å². The highest BCUT2D eigenvalue weighted by Crippen LogP contribution is 2.14. The van der Waals surface area contributed by atoms with Gasteiger partial charge in [0.2, 0.25) is 0 Å². The second kappa shape index (κ2) is 7.66. The lowest BCUT2D eigenvalue weighted by molar-refractivity contribution is -0.921. The molecule has 0 amide bonds. The van der Waals surface area contributed by atoms with E-state index in [0.29, 0.717) is 6.04 Å². The summed E-state index contributed by atoms with van der Waals surface area (Å²) in [5, 5.41) is 3.54. The summed E-state index contributed by atoms with van der Waals surface area (Å²) >= 11 is 0. The van der Waals surface area contributed by atoms with Crippen LogP contribution in [0.5, 0.6) is 0 Å². The topological polar surface area (TPSA) is 12.0 Å². The number of hydrogen-bond donors (Lipinski definition) is 1. The van der Waals surface area contributed by atoms with Gasteiger partial charge in [-0.3, -0.25) is 0 Å². The van der Waals surface area contributed by atoms with E-state index in [-0.39, 0.29) is 12.4 Å². The lowest BCUT2D eigenvalue weighted by Crippen LogP contribution is -3.00. The van der Waals surface area contributed by atoms with Crippen molar-refractivity contribution in [3.63, 3.8) is 0 Å². The number of hydrogen-bond acceptors (Lipinski definition) is 1. The first-order valence-electron chi connectivity index (χ1n) is 5.67. The van der Waals surface area contributed by atoms with Crippen LogP contribution in [0.1, 0.15) is 6.42 Å². The highest BCUT2D eigenvalue weighted by molar-refractivity contribution is 4.83. The van der Waals surface area contributed by atoms with Gasteiger partial charge in [0.25, 0.3) is 0 Å². The van der Waals surface area contributed by atoms with E-state index in [0.717, 1.165) is 37.1 Å². The highest BCUT2D eigenvalue weighted by Gasteiger charge is 2.31. The fourth-order valence-electron chi connectivity index (χ4n) is 2.44. The zero-order chi connectivity index (χ0) is 11.1. The molecule has 1 atom stereocenters. The summed E-state index contributed by atoms with van der Waals surface area (Å²) in [6.07, 6.45) is 7.10. The molecule has 0 spiro atoms. The number of nitrogens with zero attached hydrogens (tertiary/aromatic N) is 1. The van der Waals surface area contributed by atoms with E-state index in [2.05, 4.69) is 25.1 Å². The van der Waals surface area contributed by atoms with Crippen molar-refractivity contribution >= 4 is 0 Å². The van der Waals surface area contributed by atoms with Gasteiger partial charge in [0.05, 0.1) is 32.2 Å². The molecule has 1 saturated heterocycles. The molecule has 1 N–H and O–H groups in total. The fraction of sp³-hybridized carbons (Fsp3) is 0.538. The first kappa shape index (κ1) is 15.4. The molecule has 0 aromatic rings. The predicted octanol–water partition coefficient (Wildman–Crippen LogP) is -1.27. The number of piperazine rings is 1. The van der Waals surface area contributed by atoms with Crippen molar-refractivity contribution in [2.75, 3.05) is 32.7 Å². The predicted molar refractivity (Wildman–Crippen MR) is 66.7 cm³/mol. The van der Waals surface area contributed by atoms with Crippen LogP contribution in [0.25, 0.3) is 0 Å². The molecule has 0 saturated carbocycles. The molecule has 1 unspecified atom stereocenters. The van der Waals surface area contributed by atoms with Crippen molar-refractivity contribution < 1.29 is 16.9 Å². The Hall–Kier alpha value is -0.570. The maximum atomic E-state index is 3.86. The molecular formula is C13H23ClN2. The summed E-state index contributed by atoms with van der Waals surface area (Å²) < 4.78 is 1.10. The molecule has 92 valence electrons. The van der Waals surface area contributed by atoms with Crippen LogP contribution in [0.15, 0.2) is 38.0 Å². The molecule has 1 aliphatic heterocycles. The van der Waals surface area contributed by atoms with Gasteiger partial charge in [-0.2, -0.15) is 0 Å². The third-order valence-electron chi connectivity index (χ3n) is 3.11. The first-order valence-corrected chi connectivity index (χ1v) is 5.67. The zero-order valence-electron chi connectivity index (χ0n) is 10.00. The maximum absolute atomic E-state index is 3.86.